The smallest absolute Gasteiger partial charge is 0.151 e. The molecule has 3 nitrogen and oxygen atoms in total. The van der Waals surface area contributed by atoms with Gasteiger partial charge in [0.2, 0.25) is 0 Å². The maximum atomic E-state index is 11.2. The molecule has 1 atom stereocenters. The van der Waals surface area contributed by atoms with E-state index in [0.29, 0.717) is 17.4 Å². The molecule has 0 aliphatic carbocycles. The Morgan fingerprint density at radius 1 is 1.54 bits per heavy atom. The van der Waals surface area contributed by atoms with Crippen molar-refractivity contribution in [3.63, 3.8) is 0 Å². The molecule has 1 fully saturated rings. The average Bonchev–Trinajstić information content (AvgIpc) is 2.42. The van der Waals surface area contributed by atoms with Crippen molar-refractivity contribution in [1.82, 2.24) is 4.90 Å². The van der Waals surface area contributed by atoms with Crippen molar-refractivity contribution in [2.75, 3.05) is 31.0 Å². The molecule has 5 heteroatoms. The van der Waals surface area contributed by atoms with E-state index in [4.69, 9.17) is 11.6 Å². The molecule has 1 aliphatic rings. The molecule has 0 aromatic rings. The summed E-state index contributed by atoms with van der Waals surface area (Å²) >= 11 is 5.56. The van der Waals surface area contributed by atoms with Crippen molar-refractivity contribution >= 4 is 21.4 Å². The molecule has 1 unspecified atom stereocenters. The molecule has 78 valence electrons. The lowest BCUT2D eigenvalue weighted by molar-refractivity contribution is 0.263. The number of sulfone groups is 1. The highest BCUT2D eigenvalue weighted by Gasteiger charge is 2.30. The molecule has 0 saturated carbocycles. The Labute approximate surface area is 85.0 Å². The molecule has 0 N–H and O–H groups in total. The van der Waals surface area contributed by atoms with Gasteiger partial charge in [-0.2, -0.15) is 0 Å². The summed E-state index contributed by atoms with van der Waals surface area (Å²) in [5, 5.41) is 0. The minimum atomic E-state index is -2.74. The summed E-state index contributed by atoms with van der Waals surface area (Å²) in [7, 11) is -0.770. The highest BCUT2D eigenvalue weighted by atomic mass is 35.5. The van der Waals surface area contributed by atoms with Gasteiger partial charge in [-0.15, -0.1) is 11.6 Å². The van der Waals surface area contributed by atoms with E-state index in [2.05, 4.69) is 4.90 Å². The van der Waals surface area contributed by atoms with Gasteiger partial charge in [0.15, 0.2) is 9.84 Å². The van der Waals surface area contributed by atoms with Crippen molar-refractivity contribution in [3.05, 3.63) is 0 Å². The summed E-state index contributed by atoms with van der Waals surface area (Å²) in [5.74, 6) is 1.32. The van der Waals surface area contributed by atoms with Gasteiger partial charge in [-0.1, -0.05) is 0 Å². The van der Waals surface area contributed by atoms with Crippen LogP contribution in [0.25, 0.3) is 0 Å². The molecule has 1 aliphatic heterocycles. The number of nitrogens with zero attached hydrogens (tertiary/aromatic N) is 1. The van der Waals surface area contributed by atoms with Crippen molar-refractivity contribution in [3.8, 4) is 0 Å². The number of halogens is 1. The van der Waals surface area contributed by atoms with Crippen molar-refractivity contribution in [2.24, 2.45) is 0 Å². The minimum absolute atomic E-state index is 0.216. The van der Waals surface area contributed by atoms with Crippen LogP contribution in [0.15, 0.2) is 0 Å². The fourth-order valence-electron chi connectivity index (χ4n) is 1.61. The molecule has 0 aromatic carbocycles. The first-order chi connectivity index (χ1) is 6.05. The van der Waals surface area contributed by atoms with E-state index in [-0.39, 0.29) is 6.04 Å². The average molecular weight is 226 g/mol. The van der Waals surface area contributed by atoms with Gasteiger partial charge in [0.1, 0.15) is 0 Å². The van der Waals surface area contributed by atoms with Crippen LogP contribution >= 0.6 is 11.6 Å². The number of hydrogen-bond donors (Lipinski definition) is 0. The van der Waals surface area contributed by atoms with E-state index in [1.807, 2.05) is 7.05 Å². The molecule has 0 aromatic heterocycles. The quantitative estimate of drug-likeness (QED) is 0.663. The Morgan fingerprint density at radius 3 is 2.69 bits per heavy atom. The van der Waals surface area contributed by atoms with Crippen LogP contribution in [0.4, 0.5) is 0 Å². The number of rotatable bonds is 4. The maximum Gasteiger partial charge on any atom is 0.151 e. The van der Waals surface area contributed by atoms with Crippen LogP contribution < -0.4 is 0 Å². The second-order valence-electron chi connectivity index (χ2n) is 3.58. The van der Waals surface area contributed by atoms with Crippen LogP contribution in [-0.4, -0.2) is 50.3 Å². The fraction of sp³-hybridized carbons (Fsp3) is 1.00. The lowest BCUT2D eigenvalue weighted by Crippen LogP contribution is -2.33. The van der Waals surface area contributed by atoms with Crippen LogP contribution in [0.3, 0.4) is 0 Å². The van der Waals surface area contributed by atoms with Gasteiger partial charge >= 0.3 is 0 Å². The molecule has 0 bridgehead atoms. The van der Waals surface area contributed by atoms with Gasteiger partial charge in [0.05, 0.1) is 11.5 Å². The molecule has 1 saturated heterocycles. The lowest BCUT2D eigenvalue weighted by Gasteiger charge is -2.22. The largest absolute Gasteiger partial charge is 0.302 e. The highest BCUT2D eigenvalue weighted by molar-refractivity contribution is 7.91. The van der Waals surface area contributed by atoms with Crippen LogP contribution in [0.1, 0.15) is 12.8 Å². The zero-order valence-corrected chi connectivity index (χ0v) is 9.44. The van der Waals surface area contributed by atoms with Gasteiger partial charge < -0.3 is 4.90 Å². The zero-order chi connectivity index (χ0) is 9.90. The molecular formula is C8H16ClNO2S. The van der Waals surface area contributed by atoms with Gasteiger partial charge in [0, 0.05) is 11.9 Å². The van der Waals surface area contributed by atoms with E-state index >= 15 is 0 Å². The lowest BCUT2D eigenvalue weighted by atomic mass is 10.2. The standard InChI is InChI=1S/C8H16ClNO2S/c1-10(5-2-4-9)8-3-6-13(11,12)7-8/h8H,2-7H2,1H3. The third kappa shape index (κ3) is 3.44. The molecular weight excluding hydrogens is 210 g/mol. The van der Waals surface area contributed by atoms with Crippen LogP contribution in [-0.2, 0) is 9.84 Å². The van der Waals surface area contributed by atoms with E-state index in [0.717, 1.165) is 19.4 Å². The van der Waals surface area contributed by atoms with E-state index in [1.54, 1.807) is 0 Å². The Bertz CT molecular complexity index is 253. The first-order valence-electron chi connectivity index (χ1n) is 4.52. The Hall–Kier alpha value is 0.200. The topological polar surface area (TPSA) is 37.4 Å². The van der Waals surface area contributed by atoms with Gasteiger partial charge in [-0.3, -0.25) is 0 Å². The van der Waals surface area contributed by atoms with Crippen LogP contribution in [0.5, 0.6) is 0 Å². The van der Waals surface area contributed by atoms with Crippen molar-refractivity contribution in [1.29, 1.82) is 0 Å². The predicted octanol–water partition coefficient (Wildman–Crippen LogP) is 0.734. The summed E-state index contributed by atoms with van der Waals surface area (Å²) < 4.78 is 22.3. The van der Waals surface area contributed by atoms with Gasteiger partial charge in [0.25, 0.3) is 0 Å². The minimum Gasteiger partial charge on any atom is -0.302 e. The summed E-state index contributed by atoms with van der Waals surface area (Å²) in [6, 6.07) is 0.216. The summed E-state index contributed by atoms with van der Waals surface area (Å²) in [6.45, 7) is 0.893. The normalized spacial score (nSPS) is 26.8. The highest BCUT2D eigenvalue weighted by Crippen LogP contribution is 2.16. The zero-order valence-electron chi connectivity index (χ0n) is 7.87. The van der Waals surface area contributed by atoms with Crippen LogP contribution in [0.2, 0.25) is 0 Å². The third-order valence-electron chi connectivity index (χ3n) is 2.48. The maximum absolute atomic E-state index is 11.2. The number of hydrogen-bond acceptors (Lipinski definition) is 3. The molecule has 0 radical (unpaired) electrons. The molecule has 13 heavy (non-hydrogen) atoms. The first-order valence-corrected chi connectivity index (χ1v) is 6.87. The summed E-state index contributed by atoms with van der Waals surface area (Å²) in [5.41, 5.74) is 0. The van der Waals surface area contributed by atoms with E-state index in [1.165, 1.54) is 0 Å². The Morgan fingerprint density at radius 2 is 2.23 bits per heavy atom. The summed E-state index contributed by atoms with van der Waals surface area (Å²) in [4.78, 5) is 2.10. The second-order valence-corrected chi connectivity index (χ2v) is 6.19. The van der Waals surface area contributed by atoms with Gasteiger partial charge in [-0.05, 0) is 26.4 Å². The Kier molecular flexibility index (Phi) is 4.01. The molecule has 0 amide bonds. The fourth-order valence-corrected chi connectivity index (χ4v) is 3.54. The first kappa shape index (κ1) is 11.3. The number of alkyl halides is 1. The third-order valence-corrected chi connectivity index (χ3v) is 4.49. The van der Waals surface area contributed by atoms with E-state index < -0.39 is 9.84 Å². The van der Waals surface area contributed by atoms with Crippen molar-refractivity contribution < 1.29 is 8.42 Å². The monoisotopic (exact) mass is 225 g/mol. The van der Waals surface area contributed by atoms with Gasteiger partial charge in [-0.25, -0.2) is 8.42 Å². The summed E-state index contributed by atoms with van der Waals surface area (Å²) in [6.07, 6.45) is 1.70. The molecule has 1 heterocycles. The van der Waals surface area contributed by atoms with Crippen molar-refractivity contribution in [2.45, 2.75) is 18.9 Å². The molecule has 0 spiro atoms. The Balaban J connectivity index is 2.37. The molecule has 1 rings (SSSR count). The SMILES string of the molecule is CN(CCCCl)C1CCS(=O)(=O)C1. The second kappa shape index (κ2) is 4.62. The van der Waals surface area contributed by atoms with E-state index in [9.17, 15) is 8.42 Å². The predicted molar refractivity (Wildman–Crippen MR) is 55.0 cm³/mol. The van der Waals surface area contributed by atoms with Crippen LogP contribution in [0, 0.1) is 0 Å².